The lowest BCUT2D eigenvalue weighted by Crippen LogP contribution is -2.10. The molecule has 0 aliphatic heterocycles. The van der Waals surface area contributed by atoms with Crippen molar-refractivity contribution < 1.29 is 4.42 Å². The monoisotopic (exact) mass is 687 g/mol. The van der Waals surface area contributed by atoms with Crippen molar-refractivity contribution in [3.63, 3.8) is 0 Å². The highest BCUT2D eigenvalue weighted by Gasteiger charge is 2.19. The fraction of sp³-hybridized carbons (Fsp3) is 0. The molecule has 11 rings (SSSR count). The zero-order chi connectivity index (χ0) is 35.6. The number of hydrogen-bond donors (Lipinski definition) is 0. The maximum absolute atomic E-state index is 6.60. The first-order chi connectivity index (χ1) is 26.8. The van der Waals surface area contributed by atoms with Crippen molar-refractivity contribution in [1.82, 2.24) is 0 Å². The largest absolute Gasteiger partial charge is 0.455 e. The van der Waals surface area contributed by atoms with E-state index in [1.54, 1.807) is 0 Å². The summed E-state index contributed by atoms with van der Waals surface area (Å²) in [6.07, 6.45) is 0. The Balaban J connectivity index is 1.09. The molecule has 0 unspecified atom stereocenters. The van der Waals surface area contributed by atoms with Crippen LogP contribution >= 0.6 is 0 Å². The molecule has 1 heterocycles. The third-order valence-electron chi connectivity index (χ3n) is 11.0. The summed E-state index contributed by atoms with van der Waals surface area (Å²) in [5.41, 5.74) is 9.67. The number of hydrogen-bond acceptors (Lipinski definition) is 2. The number of para-hydroxylation sites is 1. The third-order valence-corrected chi connectivity index (χ3v) is 11.0. The Hall–Kier alpha value is -7.16. The van der Waals surface area contributed by atoms with Gasteiger partial charge in [-0.15, -0.1) is 0 Å². The summed E-state index contributed by atoms with van der Waals surface area (Å²) in [6.45, 7) is 0. The van der Waals surface area contributed by atoms with Gasteiger partial charge in [-0.25, -0.2) is 0 Å². The summed E-state index contributed by atoms with van der Waals surface area (Å²) in [5.74, 6) is 0. The average molecular weight is 688 g/mol. The van der Waals surface area contributed by atoms with Gasteiger partial charge in [0.15, 0.2) is 0 Å². The summed E-state index contributed by atoms with van der Waals surface area (Å²) in [4.78, 5) is 2.39. The van der Waals surface area contributed by atoms with Gasteiger partial charge in [-0.2, -0.15) is 0 Å². The Bertz CT molecular complexity index is 3210. The number of benzene rings is 10. The molecule has 252 valence electrons. The topological polar surface area (TPSA) is 16.4 Å². The Kier molecular flexibility index (Phi) is 6.90. The maximum Gasteiger partial charge on any atom is 0.143 e. The van der Waals surface area contributed by atoms with Crippen molar-refractivity contribution >= 4 is 82.1 Å². The highest BCUT2D eigenvalue weighted by Crippen LogP contribution is 2.44. The lowest BCUT2D eigenvalue weighted by Gasteiger charge is -2.27. The van der Waals surface area contributed by atoms with Gasteiger partial charge in [0, 0.05) is 33.4 Å². The molecule has 10 aromatic carbocycles. The smallest absolute Gasteiger partial charge is 0.143 e. The first kappa shape index (κ1) is 30.5. The standard InChI is InChI=1S/C52H33NO/c1-2-10-34(11-3-1)47-31-30-46(51-48-16-8-9-17-50(48)54-52(47)51)37-22-25-40(26-23-37)53(41-28-29-45-39(32-41)21-20-35-12-4-6-14-43(35)45)42-27-24-38-19-18-36-13-5-7-15-44(36)49(38)33-42/h1-33H. The van der Waals surface area contributed by atoms with Gasteiger partial charge in [-0.1, -0.05) is 152 Å². The van der Waals surface area contributed by atoms with Crippen LogP contribution < -0.4 is 4.90 Å². The second-order valence-corrected chi connectivity index (χ2v) is 14.1. The van der Waals surface area contributed by atoms with Gasteiger partial charge in [0.05, 0.1) is 0 Å². The van der Waals surface area contributed by atoms with E-state index in [-0.39, 0.29) is 0 Å². The predicted octanol–water partition coefficient (Wildman–Crippen LogP) is 15.0. The zero-order valence-corrected chi connectivity index (χ0v) is 29.4. The minimum Gasteiger partial charge on any atom is -0.455 e. The molecule has 0 fully saturated rings. The second kappa shape index (κ2) is 12.2. The van der Waals surface area contributed by atoms with Gasteiger partial charge in [-0.3, -0.25) is 0 Å². The van der Waals surface area contributed by atoms with Gasteiger partial charge in [0.1, 0.15) is 11.2 Å². The molecule has 11 aromatic rings. The third kappa shape index (κ3) is 4.88. The molecular weight excluding hydrogens is 655 g/mol. The average Bonchev–Trinajstić information content (AvgIpc) is 3.64. The summed E-state index contributed by atoms with van der Waals surface area (Å²) in [5, 5.41) is 12.2. The number of rotatable bonds is 5. The molecule has 54 heavy (non-hydrogen) atoms. The van der Waals surface area contributed by atoms with Crippen LogP contribution in [0.1, 0.15) is 0 Å². The number of anilines is 3. The Morgan fingerprint density at radius 1 is 0.315 bits per heavy atom. The van der Waals surface area contributed by atoms with Gasteiger partial charge in [0.2, 0.25) is 0 Å². The molecule has 0 aliphatic carbocycles. The fourth-order valence-corrected chi connectivity index (χ4v) is 8.42. The minimum absolute atomic E-state index is 0.896. The molecule has 0 radical (unpaired) electrons. The molecule has 0 spiro atoms. The summed E-state index contributed by atoms with van der Waals surface area (Å²) >= 11 is 0. The van der Waals surface area contributed by atoms with Crippen LogP contribution in [0, 0.1) is 0 Å². The zero-order valence-electron chi connectivity index (χ0n) is 29.4. The van der Waals surface area contributed by atoms with E-state index in [2.05, 4.69) is 199 Å². The minimum atomic E-state index is 0.896. The van der Waals surface area contributed by atoms with Crippen molar-refractivity contribution in [3.05, 3.63) is 200 Å². The summed E-state index contributed by atoms with van der Waals surface area (Å²) in [7, 11) is 0. The molecule has 0 atom stereocenters. The fourth-order valence-electron chi connectivity index (χ4n) is 8.42. The van der Waals surface area contributed by atoms with E-state index in [4.69, 9.17) is 4.42 Å². The van der Waals surface area contributed by atoms with Crippen LogP contribution in [0.3, 0.4) is 0 Å². The van der Waals surface area contributed by atoms with Crippen molar-refractivity contribution in [2.45, 2.75) is 0 Å². The normalized spacial score (nSPS) is 11.7. The van der Waals surface area contributed by atoms with Crippen LogP contribution in [0.15, 0.2) is 205 Å². The predicted molar refractivity (Wildman–Crippen MR) is 229 cm³/mol. The summed E-state index contributed by atoms with van der Waals surface area (Å²) < 4.78 is 6.60. The van der Waals surface area contributed by atoms with Gasteiger partial charge < -0.3 is 9.32 Å². The van der Waals surface area contributed by atoms with E-state index in [1.165, 1.54) is 43.1 Å². The molecule has 0 bridgehead atoms. The lowest BCUT2D eigenvalue weighted by atomic mass is 9.94. The molecule has 1 aromatic heterocycles. The van der Waals surface area contributed by atoms with Crippen LogP contribution in [0.25, 0.3) is 87.3 Å². The molecule has 0 aliphatic rings. The van der Waals surface area contributed by atoms with Gasteiger partial charge in [-0.05, 0) is 108 Å². The molecule has 0 N–H and O–H groups in total. The van der Waals surface area contributed by atoms with Crippen molar-refractivity contribution in [1.29, 1.82) is 0 Å². The Morgan fingerprint density at radius 2 is 0.833 bits per heavy atom. The van der Waals surface area contributed by atoms with Crippen LogP contribution in [-0.2, 0) is 0 Å². The number of nitrogens with zero attached hydrogens (tertiary/aromatic N) is 1. The van der Waals surface area contributed by atoms with E-state index in [0.717, 1.165) is 61.3 Å². The second-order valence-electron chi connectivity index (χ2n) is 14.1. The quantitative estimate of drug-likeness (QED) is 0.168. The van der Waals surface area contributed by atoms with E-state index in [9.17, 15) is 0 Å². The Labute approximate surface area is 312 Å². The molecule has 0 amide bonds. The van der Waals surface area contributed by atoms with Crippen LogP contribution in [-0.4, -0.2) is 0 Å². The van der Waals surface area contributed by atoms with Gasteiger partial charge in [0.25, 0.3) is 0 Å². The SMILES string of the molecule is c1ccc(-c2ccc(-c3ccc(N(c4ccc5c(ccc6ccccc65)c4)c4ccc5ccc6ccccc6c5c4)cc3)c3c2oc2ccccc23)cc1. The first-order valence-corrected chi connectivity index (χ1v) is 18.5. The molecule has 0 saturated carbocycles. The van der Waals surface area contributed by atoms with E-state index in [0.29, 0.717) is 0 Å². The Morgan fingerprint density at radius 3 is 1.61 bits per heavy atom. The van der Waals surface area contributed by atoms with E-state index < -0.39 is 0 Å². The van der Waals surface area contributed by atoms with Crippen molar-refractivity contribution in [3.8, 4) is 22.3 Å². The highest BCUT2D eigenvalue weighted by molar-refractivity contribution is 6.16. The molecule has 2 heteroatoms. The lowest BCUT2D eigenvalue weighted by molar-refractivity contribution is 0.670. The number of furan rings is 1. The molecule has 0 saturated heterocycles. The van der Waals surface area contributed by atoms with E-state index >= 15 is 0 Å². The first-order valence-electron chi connectivity index (χ1n) is 18.5. The number of fused-ring (bicyclic) bond motifs is 9. The highest BCUT2D eigenvalue weighted by atomic mass is 16.3. The van der Waals surface area contributed by atoms with Gasteiger partial charge >= 0.3 is 0 Å². The summed E-state index contributed by atoms with van der Waals surface area (Å²) in [6, 6.07) is 72.3. The van der Waals surface area contributed by atoms with Crippen molar-refractivity contribution in [2.24, 2.45) is 0 Å². The van der Waals surface area contributed by atoms with E-state index in [1.807, 2.05) is 6.07 Å². The van der Waals surface area contributed by atoms with Crippen LogP contribution in [0.5, 0.6) is 0 Å². The van der Waals surface area contributed by atoms with Crippen molar-refractivity contribution in [2.75, 3.05) is 4.90 Å². The maximum atomic E-state index is 6.60. The van der Waals surface area contributed by atoms with Crippen LogP contribution in [0.2, 0.25) is 0 Å². The molecular formula is C52H33NO. The van der Waals surface area contributed by atoms with Crippen LogP contribution in [0.4, 0.5) is 17.1 Å². The molecule has 2 nitrogen and oxygen atoms in total.